The minimum absolute atomic E-state index is 0.938. The van der Waals surface area contributed by atoms with E-state index in [0.717, 1.165) is 23.9 Å². The number of hydrogen-bond acceptors (Lipinski definition) is 2. The molecule has 0 N–H and O–H groups in total. The molecule has 0 aliphatic heterocycles. The van der Waals surface area contributed by atoms with Gasteiger partial charge in [-0.25, -0.2) is 4.98 Å². The molecule has 13 heavy (non-hydrogen) atoms. The molecule has 1 aliphatic carbocycles. The van der Waals surface area contributed by atoms with Crippen LogP contribution in [0.2, 0.25) is 0 Å². The molecule has 0 saturated heterocycles. The molecule has 0 unspecified atom stereocenters. The fourth-order valence-electron chi connectivity index (χ4n) is 1.50. The van der Waals surface area contributed by atoms with Crippen molar-refractivity contribution in [3.05, 3.63) is 28.4 Å². The summed E-state index contributed by atoms with van der Waals surface area (Å²) >= 11 is 0. The standard InChI is InChI=1S/C11H12N2/c1-12-8-10-7-6-9-4-2-3-5-11(9)13-10/h4-8H,2-3H2,1H3/b12-8+. The van der Waals surface area contributed by atoms with Gasteiger partial charge in [0.25, 0.3) is 0 Å². The smallest absolute Gasteiger partial charge is 0.0815 e. The van der Waals surface area contributed by atoms with Crippen LogP contribution in [0.15, 0.2) is 17.1 Å². The molecule has 0 aromatic carbocycles. The predicted molar refractivity (Wildman–Crippen MR) is 55.2 cm³/mol. The van der Waals surface area contributed by atoms with Gasteiger partial charge in [0, 0.05) is 13.3 Å². The second kappa shape index (κ2) is 3.52. The van der Waals surface area contributed by atoms with E-state index in [1.165, 1.54) is 5.22 Å². The lowest BCUT2D eigenvalue weighted by atomic mass is 10.1. The lowest BCUT2D eigenvalue weighted by Gasteiger charge is -1.99. The van der Waals surface area contributed by atoms with Gasteiger partial charge in [0.2, 0.25) is 0 Å². The Balaban J connectivity index is 2.60. The zero-order valence-electron chi connectivity index (χ0n) is 7.70. The van der Waals surface area contributed by atoms with Gasteiger partial charge in [-0.2, -0.15) is 0 Å². The van der Waals surface area contributed by atoms with E-state index in [4.69, 9.17) is 0 Å². The first kappa shape index (κ1) is 8.17. The topological polar surface area (TPSA) is 25.2 Å². The van der Waals surface area contributed by atoms with Gasteiger partial charge in [0.1, 0.15) is 0 Å². The zero-order chi connectivity index (χ0) is 9.10. The molecule has 1 heterocycles. The number of fused-ring (bicyclic) bond motifs is 1. The fourth-order valence-corrected chi connectivity index (χ4v) is 1.50. The van der Waals surface area contributed by atoms with Crippen LogP contribution in [-0.2, 0) is 0 Å². The Morgan fingerprint density at radius 2 is 2.15 bits per heavy atom. The minimum Gasteiger partial charge on any atom is -0.294 e. The Hall–Kier alpha value is -1.44. The van der Waals surface area contributed by atoms with Crippen LogP contribution in [0, 0.1) is 0 Å². The van der Waals surface area contributed by atoms with Crippen LogP contribution < -0.4 is 10.6 Å². The van der Waals surface area contributed by atoms with Gasteiger partial charge in [0.05, 0.1) is 11.0 Å². The average molecular weight is 172 g/mol. The summed E-state index contributed by atoms with van der Waals surface area (Å²) in [4.78, 5) is 8.41. The zero-order valence-corrected chi connectivity index (χ0v) is 7.70. The molecule has 0 amide bonds. The molecule has 2 heteroatoms. The summed E-state index contributed by atoms with van der Waals surface area (Å²) in [6, 6.07) is 4.11. The van der Waals surface area contributed by atoms with Gasteiger partial charge in [-0.15, -0.1) is 0 Å². The van der Waals surface area contributed by atoms with Crippen LogP contribution >= 0.6 is 0 Å². The molecule has 1 aromatic heterocycles. The highest BCUT2D eigenvalue weighted by atomic mass is 14.7. The SMILES string of the molecule is C/N=C/c1ccc2c(n1)=CCCC=2. The Morgan fingerprint density at radius 3 is 3.00 bits per heavy atom. The van der Waals surface area contributed by atoms with E-state index in [2.05, 4.69) is 28.2 Å². The molecule has 66 valence electrons. The highest BCUT2D eigenvalue weighted by Crippen LogP contribution is 1.94. The van der Waals surface area contributed by atoms with Crippen molar-refractivity contribution in [3.8, 4) is 0 Å². The summed E-state index contributed by atoms with van der Waals surface area (Å²) in [5, 5.41) is 2.35. The molecular weight excluding hydrogens is 160 g/mol. The minimum atomic E-state index is 0.938. The van der Waals surface area contributed by atoms with Crippen molar-refractivity contribution in [2.75, 3.05) is 7.05 Å². The van der Waals surface area contributed by atoms with Crippen molar-refractivity contribution in [1.82, 2.24) is 4.98 Å². The maximum absolute atomic E-state index is 4.47. The monoisotopic (exact) mass is 172 g/mol. The summed E-state index contributed by atoms with van der Waals surface area (Å²) in [6.07, 6.45) is 8.43. The first-order valence-corrected chi connectivity index (χ1v) is 4.50. The van der Waals surface area contributed by atoms with E-state index in [-0.39, 0.29) is 0 Å². The summed E-state index contributed by atoms with van der Waals surface area (Å²) in [6.45, 7) is 0. The first-order chi connectivity index (χ1) is 6.40. The lowest BCUT2D eigenvalue weighted by molar-refractivity contribution is 1.07. The quantitative estimate of drug-likeness (QED) is 0.566. The molecule has 2 rings (SSSR count). The summed E-state index contributed by atoms with van der Waals surface area (Å²) in [5.74, 6) is 0. The number of rotatable bonds is 1. The van der Waals surface area contributed by atoms with Gasteiger partial charge in [0.15, 0.2) is 0 Å². The Bertz CT molecular complexity index is 444. The molecule has 2 nitrogen and oxygen atoms in total. The molecule has 0 bridgehead atoms. The third kappa shape index (κ3) is 1.66. The van der Waals surface area contributed by atoms with Gasteiger partial charge in [-0.3, -0.25) is 4.99 Å². The molecule has 1 aromatic rings. The van der Waals surface area contributed by atoms with Gasteiger partial charge >= 0.3 is 0 Å². The molecule has 0 saturated carbocycles. The second-order valence-electron chi connectivity index (χ2n) is 3.08. The number of nitrogens with zero attached hydrogens (tertiary/aromatic N) is 2. The maximum Gasteiger partial charge on any atom is 0.0815 e. The van der Waals surface area contributed by atoms with Crippen LogP contribution in [0.4, 0.5) is 0 Å². The first-order valence-electron chi connectivity index (χ1n) is 4.50. The second-order valence-corrected chi connectivity index (χ2v) is 3.08. The van der Waals surface area contributed by atoms with E-state index < -0.39 is 0 Å². The van der Waals surface area contributed by atoms with Crippen molar-refractivity contribution in [2.24, 2.45) is 4.99 Å². The summed E-state index contributed by atoms with van der Waals surface area (Å²) < 4.78 is 0. The van der Waals surface area contributed by atoms with Crippen LogP contribution in [0.5, 0.6) is 0 Å². The van der Waals surface area contributed by atoms with Crippen molar-refractivity contribution >= 4 is 18.4 Å². The average Bonchev–Trinajstić information content (AvgIpc) is 2.18. The third-order valence-corrected chi connectivity index (χ3v) is 2.11. The Kier molecular flexibility index (Phi) is 2.21. The van der Waals surface area contributed by atoms with Crippen molar-refractivity contribution < 1.29 is 0 Å². The van der Waals surface area contributed by atoms with Crippen LogP contribution in [0.1, 0.15) is 18.5 Å². The van der Waals surface area contributed by atoms with E-state index in [0.29, 0.717) is 0 Å². The highest BCUT2D eigenvalue weighted by molar-refractivity contribution is 5.76. The van der Waals surface area contributed by atoms with E-state index in [1.807, 2.05) is 6.07 Å². The molecule has 0 atom stereocenters. The Morgan fingerprint density at radius 1 is 1.31 bits per heavy atom. The molecular formula is C11H12N2. The van der Waals surface area contributed by atoms with E-state index in [1.54, 1.807) is 13.3 Å². The maximum atomic E-state index is 4.47. The number of aliphatic imine (C=N–C) groups is 1. The predicted octanol–water partition coefficient (Wildman–Crippen LogP) is 0.485. The summed E-state index contributed by atoms with van der Waals surface area (Å²) in [5.41, 5.74) is 0.938. The molecule has 0 fully saturated rings. The van der Waals surface area contributed by atoms with Gasteiger partial charge < -0.3 is 0 Å². The molecule has 0 spiro atoms. The van der Waals surface area contributed by atoms with E-state index >= 15 is 0 Å². The molecule has 0 radical (unpaired) electrons. The summed E-state index contributed by atoms with van der Waals surface area (Å²) in [7, 11) is 1.76. The van der Waals surface area contributed by atoms with E-state index in [9.17, 15) is 0 Å². The highest BCUT2D eigenvalue weighted by Gasteiger charge is 1.94. The third-order valence-electron chi connectivity index (χ3n) is 2.11. The number of aromatic nitrogens is 1. The normalized spacial score (nSPS) is 14.8. The molecule has 1 aliphatic rings. The van der Waals surface area contributed by atoms with Gasteiger partial charge in [-0.05, 0) is 24.1 Å². The van der Waals surface area contributed by atoms with Crippen molar-refractivity contribution in [1.29, 1.82) is 0 Å². The van der Waals surface area contributed by atoms with Crippen LogP contribution in [-0.4, -0.2) is 18.2 Å². The van der Waals surface area contributed by atoms with Crippen molar-refractivity contribution in [3.63, 3.8) is 0 Å². The van der Waals surface area contributed by atoms with Crippen molar-refractivity contribution in [2.45, 2.75) is 12.8 Å². The largest absolute Gasteiger partial charge is 0.294 e. The lowest BCUT2D eigenvalue weighted by Crippen LogP contribution is -2.30. The van der Waals surface area contributed by atoms with Crippen LogP contribution in [0.3, 0.4) is 0 Å². The number of pyridine rings is 1. The van der Waals surface area contributed by atoms with Gasteiger partial charge in [-0.1, -0.05) is 18.2 Å². The Labute approximate surface area is 77.4 Å². The van der Waals surface area contributed by atoms with Crippen LogP contribution in [0.25, 0.3) is 12.2 Å². The fraction of sp³-hybridized carbons (Fsp3) is 0.273. The number of hydrogen-bond donors (Lipinski definition) is 0.